The van der Waals surface area contributed by atoms with Crippen molar-refractivity contribution in [2.45, 2.75) is 13.8 Å². The minimum absolute atomic E-state index is 0.177. The van der Waals surface area contributed by atoms with Crippen molar-refractivity contribution in [3.63, 3.8) is 0 Å². The minimum atomic E-state index is -0.560. The van der Waals surface area contributed by atoms with E-state index in [1.54, 1.807) is 0 Å². The van der Waals surface area contributed by atoms with Crippen LogP contribution in [0.5, 0.6) is 5.75 Å². The molecule has 0 radical (unpaired) electrons. The van der Waals surface area contributed by atoms with E-state index in [1.807, 2.05) is 38.1 Å². The highest BCUT2D eigenvalue weighted by Gasteiger charge is 2.12. The highest BCUT2D eigenvalue weighted by Crippen LogP contribution is 2.23. The van der Waals surface area contributed by atoms with E-state index < -0.39 is 5.91 Å². The number of aromatic amines is 1. The van der Waals surface area contributed by atoms with E-state index in [2.05, 4.69) is 9.97 Å². The van der Waals surface area contributed by atoms with Crippen LogP contribution in [0, 0.1) is 6.92 Å². The van der Waals surface area contributed by atoms with Crippen molar-refractivity contribution in [2.75, 3.05) is 6.61 Å². The van der Waals surface area contributed by atoms with E-state index in [9.17, 15) is 4.79 Å². The summed E-state index contributed by atoms with van der Waals surface area (Å²) < 4.78 is 5.37. The Morgan fingerprint density at radius 1 is 1.39 bits per heavy atom. The van der Waals surface area contributed by atoms with Gasteiger partial charge >= 0.3 is 0 Å². The number of nitrogens with zero attached hydrogens (tertiary/aromatic N) is 1. The van der Waals surface area contributed by atoms with Gasteiger partial charge in [0.15, 0.2) is 5.82 Å². The molecule has 0 spiro atoms. The number of H-pyrrole nitrogens is 1. The number of benzene rings is 1. The Balaban J connectivity index is 2.33. The molecule has 1 aromatic heterocycles. The van der Waals surface area contributed by atoms with Crippen molar-refractivity contribution in [3.8, 4) is 17.0 Å². The van der Waals surface area contributed by atoms with Gasteiger partial charge in [-0.15, -0.1) is 0 Å². The Kier molecular flexibility index (Phi) is 3.32. The predicted molar refractivity (Wildman–Crippen MR) is 68.4 cm³/mol. The second-order valence-electron chi connectivity index (χ2n) is 3.88. The Labute approximate surface area is 105 Å². The molecule has 0 aliphatic rings. The smallest absolute Gasteiger partial charge is 0.284 e. The molecular weight excluding hydrogens is 230 g/mol. The van der Waals surface area contributed by atoms with E-state index in [-0.39, 0.29) is 5.82 Å². The normalized spacial score (nSPS) is 10.3. The van der Waals surface area contributed by atoms with Gasteiger partial charge in [0.25, 0.3) is 5.91 Å². The number of aryl methyl sites for hydroxylation is 1. The van der Waals surface area contributed by atoms with Gasteiger partial charge in [-0.2, -0.15) is 0 Å². The number of primary amides is 1. The largest absolute Gasteiger partial charge is 0.494 e. The number of rotatable bonds is 4. The molecule has 0 fully saturated rings. The van der Waals surface area contributed by atoms with Crippen LogP contribution in [-0.2, 0) is 0 Å². The van der Waals surface area contributed by atoms with Crippen molar-refractivity contribution in [1.29, 1.82) is 0 Å². The van der Waals surface area contributed by atoms with Gasteiger partial charge in [0.1, 0.15) is 5.75 Å². The Morgan fingerprint density at radius 2 is 2.06 bits per heavy atom. The fourth-order valence-corrected chi connectivity index (χ4v) is 1.73. The van der Waals surface area contributed by atoms with Crippen LogP contribution in [0.2, 0.25) is 0 Å². The summed E-state index contributed by atoms with van der Waals surface area (Å²) in [4.78, 5) is 18.1. The molecule has 2 rings (SSSR count). The first-order valence-electron chi connectivity index (χ1n) is 5.71. The second-order valence-corrected chi connectivity index (χ2v) is 3.88. The van der Waals surface area contributed by atoms with E-state index >= 15 is 0 Å². The third kappa shape index (κ3) is 2.34. The van der Waals surface area contributed by atoms with Crippen LogP contribution in [0.15, 0.2) is 24.3 Å². The first kappa shape index (κ1) is 12.2. The number of carbonyl (C=O) groups is 1. The SMILES string of the molecule is CCOc1ccc(-c2nc(C(N)=O)[nH]c2C)cc1. The third-order valence-corrected chi connectivity index (χ3v) is 2.56. The summed E-state index contributed by atoms with van der Waals surface area (Å²) in [7, 11) is 0. The highest BCUT2D eigenvalue weighted by atomic mass is 16.5. The number of hydrogen-bond acceptors (Lipinski definition) is 3. The zero-order valence-corrected chi connectivity index (χ0v) is 10.4. The quantitative estimate of drug-likeness (QED) is 0.863. The maximum atomic E-state index is 11.0. The molecule has 1 heterocycles. The van der Waals surface area contributed by atoms with Gasteiger partial charge in [0.05, 0.1) is 12.3 Å². The molecule has 1 amide bonds. The number of nitrogens with two attached hydrogens (primary N) is 1. The van der Waals surface area contributed by atoms with E-state index in [1.165, 1.54) is 0 Å². The van der Waals surface area contributed by atoms with Gasteiger partial charge in [0.2, 0.25) is 0 Å². The molecule has 0 aliphatic carbocycles. The topological polar surface area (TPSA) is 81.0 Å². The molecule has 5 heteroatoms. The molecule has 2 aromatic rings. The number of nitrogens with one attached hydrogen (secondary N) is 1. The molecule has 0 saturated heterocycles. The maximum absolute atomic E-state index is 11.0. The van der Waals surface area contributed by atoms with E-state index in [4.69, 9.17) is 10.5 Å². The predicted octanol–water partition coefficient (Wildman–Crippen LogP) is 1.88. The van der Waals surface area contributed by atoms with Crippen molar-refractivity contribution in [2.24, 2.45) is 5.73 Å². The Morgan fingerprint density at radius 3 is 2.56 bits per heavy atom. The molecule has 18 heavy (non-hydrogen) atoms. The third-order valence-electron chi connectivity index (χ3n) is 2.56. The summed E-state index contributed by atoms with van der Waals surface area (Å²) in [6, 6.07) is 7.55. The van der Waals surface area contributed by atoms with Crippen LogP contribution in [0.3, 0.4) is 0 Å². The van der Waals surface area contributed by atoms with Gasteiger partial charge in [-0.05, 0) is 38.1 Å². The summed E-state index contributed by atoms with van der Waals surface area (Å²) in [5.41, 5.74) is 7.64. The lowest BCUT2D eigenvalue weighted by Crippen LogP contribution is -2.12. The highest BCUT2D eigenvalue weighted by molar-refractivity contribution is 5.90. The van der Waals surface area contributed by atoms with Crippen LogP contribution in [0.25, 0.3) is 11.3 Å². The van der Waals surface area contributed by atoms with Gasteiger partial charge in [-0.3, -0.25) is 4.79 Å². The summed E-state index contributed by atoms with van der Waals surface area (Å²) in [6.45, 7) is 4.42. The summed E-state index contributed by atoms with van der Waals surface area (Å²) in [5.74, 6) is 0.427. The zero-order chi connectivity index (χ0) is 13.1. The number of imidazole rings is 1. The average Bonchev–Trinajstić information content (AvgIpc) is 2.73. The molecule has 0 bridgehead atoms. The fourth-order valence-electron chi connectivity index (χ4n) is 1.73. The van der Waals surface area contributed by atoms with Crippen molar-refractivity contribution < 1.29 is 9.53 Å². The number of carbonyl (C=O) groups excluding carboxylic acids is 1. The standard InChI is InChI=1S/C13H15N3O2/c1-3-18-10-6-4-9(5-7-10)11-8(2)15-13(16-11)12(14)17/h4-7H,3H2,1-2H3,(H2,14,17)(H,15,16). The van der Waals surface area contributed by atoms with Crippen LogP contribution < -0.4 is 10.5 Å². The van der Waals surface area contributed by atoms with Crippen LogP contribution >= 0.6 is 0 Å². The Hall–Kier alpha value is -2.30. The van der Waals surface area contributed by atoms with E-state index in [0.717, 1.165) is 22.7 Å². The molecule has 0 aliphatic heterocycles. The van der Waals surface area contributed by atoms with Gasteiger partial charge in [-0.25, -0.2) is 4.98 Å². The van der Waals surface area contributed by atoms with Crippen molar-refractivity contribution in [3.05, 3.63) is 35.8 Å². The maximum Gasteiger partial charge on any atom is 0.284 e. The lowest BCUT2D eigenvalue weighted by atomic mass is 10.1. The van der Waals surface area contributed by atoms with Crippen molar-refractivity contribution in [1.82, 2.24) is 9.97 Å². The van der Waals surface area contributed by atoms with Crippen molar-refractivity contribution >= 4 is 5.91 Å². The summed E-state index contributed by atoms with van der Waals surface area (Å²) in [5, 5.41) is 0. The van der Waals surface area contributed by atoms with Gasteiger partial charge < -0.3 is 15.5 Å². The lowest BCUT2D eigenvalue weighted by Gasteiger charge is -2.03. The first-order valence-corrected chi connectivity index (χ1v) is 5.71. The Bertz CT molecular complexity index is 558. The molecular formula is C13H15N3O2. The van der Waals surface area contributed by atoms with Gasteiger partial charge in [-0.1, -0.05) is 0 Å². The van der Waals surface area contributed by atoms with Crippen LogP contribution in [0.1, 0.15) is 23.2 Å². The second kappa shape index (κ2) is 4.91. The van der Waals surface area contributed by atoms with Gasteiger partial charge in [0, 0.05) is 11.3 Å². The van der Waals surface area contributed by atoms with Crippen LogP contribution in [-0.4, -0.2) is 22.5 Å². The molecule has 3 N–H and O–H groups in total. The fraction of sp³-hybridized carbons (Fsp3) is 0.231. The number of ether oxygens (including phenoxy) is 1. The molecule has 1 aromatic carbocycles. The molecule has 5 nitrogen and oxygen atoms in total. The molecule has 0 atom stereocenters. The summed E-state index contributed by atoms with van der Waals surface area (Å²) in [6.07, 6.45) is 0. The number of aromatic nitrogens is 2. The number of hydrogen-bond donors (Lipinski definition) is 2. The van der Waals surface area contributed by atoms with Crippen LogP contribution in [0.4, 0.5) is 0 Å². The van der Waals surface area contributed by atoms with E-state index in [0.29, 0.717) is 6.61 Å². The molecule has 0 unspecified atom stereocenters. The number of amides is 1. The first-order chi connectivity index (χ1) is 8.61. The summed E-state index contributed by atoms with van der Waals surface area (Å²) >= 11 is 0. The average molecular weight is 245 g/mol. The zero-order valence-electron chi connectivity index (χ0n) is 10.4. The lowest BCUT2D eigenvalue weighted by molar-refractivity contribution is 0.0991. The molecule has 0 saturated carbocycles. The molecule has 94 valence electrons. The monoisotopic (exact) mass is 245 g/mol. The minimum Gasteiger partial charge on any atom is -0.494 e.